The molecule has 0 amide bonds. The highest BCUT2D eigenvalue weighted by molar-refractivity contribution is 5.81. The van der Waals surface area contributed by atoms with Gasteiger partial charge in [-0.3, -0.25) is 4.79 Å². The van der Waals surface area contributed by atoms with Crippen molar-refractivity contribution in [2.45, 2.75) is 50.7 Å². The largest absolute Gasteiger partial charge is 0.465 e. The van der Waals surface area contributed by atoms with Gasteiger partial charge < -0.3 is 14.9 Å². The molecule has 0 unspecified atom stereocenters. The number of rotatable bonds is 2. The maximum absolute atomic E-state index is 12.6. The number of aliphatic hydroxyl groups is 2. The molecule has 1 aromatic carbocycles. The fourth-order valence-electron chi connectivity index (χ4n) is 4.25. The summed E-state index contributed by atoms with van der Waals surface area (Å²) >= 11 is 0. The van der Waals surface area contributed by atoms with Crippen molar-refractivity contribution in [3.05, 3.63) is 35.4 Å². The van der Waals surface area contributed by atoms with Gasteiger partial charge in [0.25, 0.3) is 0 Å². The normalized spacial score (nSPS) is 37.7. The minimum absolute atomic E-state index is 0.278. The van der Waals surface area contributed by atoms with Crippen molar-refractivity contribution >= 4 is 5.97 Å². The lowest BCUT2D eigenvalue weighted by Gasteiger charge is -2.49. The van der Waals surface area contributed by atoms with E-state index in [1.807, 2.05) is 24.3 Å². The average molecular weight is 290 g/mol. The number of fused-ring (bicyclic) bond motifs is 3. The van der Waals surface area contributed by atoms with Gasteiger partial charge in [0.05, 0.1) is 12.2 Å². The molecule has 0 saturated heterocycles. The van der Waals surface area contributed by atoms with Crippen molar-refractivity contribution in [2.75, 3.05) is 6.61 Å². The van der Waals surface area contributed by atoms with Gasteiger partial charge >= 0.3 is 5.97 Å². The number of benzene rings is 1. The molecule has 1 aromatic rings. The number of hydrogen-bond donors (Lipinski definition) is 2. The second kappa shape index (κ2) is 4.55. The fraction of sp³-hybridized carbons (Fsp3) is 0.588. The summed E-state index contributed by atoms with van der Waals surface area (Å²) in [6, 6.07) is 7.54. The molecule has 0 aliphatic heterocycles. The standard InChI is InChI=1S/C17H22O4/c1-3-21-14(18)16-9-8-12-6-4-5-7-13(12)17(16,20)15(2,19)10-11-16/h4-7,19-20H,3,8-11H2,1-2H3/t15-,16-,17-/m0/s1. The van der Waals surface area contributed by atoms with Crippen LogP contribution in [0.3, 0.4) is 0 Å². The lowest BCUT2D eigenvalue weighted by molar-refractivity contribution is -0.207. The minimum Gasteiger partial charge on any atom is -0.465 e. The lowest BCUT2D eigenvalue weighted by Crippen LogP contribution is -2.59. The van der Waals surface area contributed by atoms with Crippen LogP contribution < -0.4 is 0 Å². The summed E-state index contributed by atoms with van der Waals surface area (Å²) in [5, 5.41) is 22.3. The van der Waals surface area contributed by atoms with E-state index in [0.29, 0.717) is 31.2 Å². The van der Waals surface area contributed by atoms with Crippen LogP contribution in [0.15, 0.2) is 24.3 Å². The molecule has 0 bridgehead atoms. The summed E-state index contributed by atoms with van der Waals surface area (Å²) in [5.74, 6) is -0.389. The van der Waals surface area contributed by atoms with Gasteiger partial charge in [0.2, 0.25) is 0 Å². The fourth-order valence-corrected chi connectivity index (χ4v) is 4.25. The summed E-state index contributed by atoms with van der Waals surface area (Å²) in [6.45, 7) is 3.66. The zero-order valence-corrected chi connectivity index (χ0v) is 12.6. The van der Waals surface area contributed by atoms with Gasteiger partial charge in [-0.1, -0.05) is 24.3 Å². The summed E-state index contributed by atoms with van der Waals surface area (Å²) in [6.07, 6.45) is 2.06. The van der Waals surface area contributed by atoms with E-state index in [1.165, 1.54) is 0 Å². The second-order valence-electron chi connectivity index (χ2n) is 6.44. The third kappa shape index (κ3) is 1.66. The predicted octanol–water partition coefficient (Wildman–Crippen LogP) is 1.91. The van der Waals surface area contributed by atoms with Crippen LogP contribution in [0, 0.1) is 5.41 Å². The molecule has 0 spiro atoms. The van der Waals surface area contributed by atoms with Crippen molar-refractivity contribution < 1.29 is 19.7 Å². The molecule has 0 heterocycles. The molecule has 3 atom stereocenters. The third-order valence-corrected chi connectivity index (χ3v) is 5.41. The molecule has 2 aliphatic carbocycles. The van der Waals surface area contributed by atoms with Crippen LogP contribution in [0.25, 0.3) is 0 Å². The van der Waals surface area contributed by atoms with Crippen molar-refractivity contribution in [3.8, 4) is 0 Å². The number of ether oxygens (including phenoxy) is 1. The van der Waals surface area contributed by atoms with Gasteiger partial charge in [0.1, 0.15) is 11.0 Å². The molecule has 4 nitrogen and oxygen atoms in total. The number of hydrogen-bond acceptors (Lipinski definition) is 4. The van der Waals surface area contributed by atoms with E-state index >= 15 is 0 Å². The molecule has 2 aliphatic rings. The highest BCUT2D eigenvalue weighted by Gasteiger charge is 2.71. The first-order chi connectivity index (χ1) is 9.89. The van der Waals surface area contributed by atoms with Crippen molar-refractivity contribution in [1.82, 2.24) is 0 Å². The van der Waals surface area contributed by atoms with Gasteiger partial charge in [-0.05, 0) is 50.7 Å². The smallest absolute Gasteiger partial charge is 0.315 e. The van der Waals surface area contributed by atoms with Gasteiger partial charge in [-0.2, -0.15) is 0 Å². The summed E-state index contributed by atoms with van der Waals surface area (Å²) < 4.78 is 5.25. The maximum Gasteiger partial charge on any atom is 0.315 e. The van der Waals surface area contributed by atoms with E-state index < -0.39 is 16.6 Å². The molecule has 3 rings (SSSR count). The van der Waals surface area contributed by atoms with E-state index in [0.717, 1.165) is 5.56 Å². The van der Waals surface area contributed by atoms with Crippen LogP contribution in [0.4, 0.5) is 0 Å². The average Bonchev–Trinajstić information content (AvgIpc) is 2.69. The van der Waals surface area contributed by atoms with E-state index in [2.05, 4.69) is 0 Å². The van der Waals surface area contributed by atoms with Crippen LogP contribution in [0.2, 0.25) is 0 Å². The second-order valence-corrected chi connectivity index (χ2v) is 6.44. The van der Waals surface area contributed by atoms with E-state index in [1.54, 1.807) is 13.8 Å². The number of carbonyl (C=O) groups excluding carboxylic acids is 1. The van der Waals surface area contributed by atoms with E-state index in [9.17, 15) is 15.0 Å². The third-order valence-electron chi connectivity index (χ3n) is 5.41. The maximum atomic E-state index is 12.6. The Kier molecular flexibility index (Phi) is 3.15. The number of esters is 1. The topological polar surface area (TPSA) is 66.8 Å². The number of aryl methyl sites for hydroxylation is 1. The Morgan fingerprint density at radius 1 is 1.24 bits per heavy atom. The molecule has 0 radical (unpaired) electrons. The number of carbonyl (C=O) groups is 1. The van der Waals surface area contributed by atoms with E-state index in [4.69, 9.17) is 4.74 Å². The summed E-state index contributed by atoms with van der Waals surface area (Å²) in [7, 11) is 0. The molecule has 4 heteroatoms. The minimum atomic E-state index is -1.58. The van der Waals surface area contributed by atoms with Crippen LogP contribution in [-0.2, 0) is 21.6 Å². The highest BCUT2D eigenvalue weighted by Crippen LogP contribution is 2.63. The van der Waals surface area contributed by atoms with E-state index in [-0.39, 0.29) is 12.6 Å². The van der Waals surface area contributed by atoms with Crippen molar-refractivity contribution in [3.63, 3.8) is 0 Å². The Labute approximate surface area is 124 Å². The monoisotopic (exact) mass is 290 g/mol. The Morgan fingerprint density at radius 2 is 1.95 bits per heavy atom. The Morgan fingerprint density at radius 3 is 2.67 bits per heavy atom. The lowest BCUT2D eigenvalue weighted by atomic mass is 9.59. The van der Waals surface area contributed by atoms with Crippen LogP contribution >= 0.6 is 0 Å². The quantitative estimate of drug-likeness (QED) is 0.817. The summed E-state index contributed by atoms with van der Waals surface area (Å²) in [4.78, 5) is 12.6. The molecule has 114 valence electrons. The zero-order chi connectivity index (χ0) is 15.3. The molecule has 1 saturated carbocycles. The van der Waals surface area contributed by atoms with Crippen molar-refractivity contribution in [2.24, 2.45) is 5.41 Å². The Bertz CT molecular complexity index is 580. The summed E-state index contributed by atoms with van der Waals surface area (Å²) in [5.41, 5.74) is -2.29. The zero-order valence-electron chi connectivity index (χ0n) is 12.6. The SMILES string of the molecule is CCOC(=O)[C@@]12CCc3ccccc3[C@]1(O)[C@@](C)(O)CC2. The van der Waals surface area contributed by atoms with Gasteiger partial charge in [-0.25, -0.2) is 0 Å². The molecule has 0 aromatic heterocycles. The first kappa shape index (κ1) is 14.5. The molecule has 2 N–H and O–H groups in total. The van der Waals surface area contributed by atoms with Crippen LogP contribution in [0.5, 0.6) is 0 Å². The van der Waals surface area contributed by atoms with Crippen molar-refractivity contribution in [1.29, 1.82) is 0 Å². The molecule has 21 heavy (non-hydrogen) atoms. The Hall–Kier alpha value is -1.39. The van der Waals surface area contributed by atoms with Crippen LogP contribution in [-0.4, -0.2) is 28.4 Å². The molecule has 1 fully saturated rings. The van der Waals surface area contributed by atoms with Crippen LogP contribution in [0.1, 0.15) is 44.2 Å². The molecular weight excluding hydrogens is 268 g/mol. The van der Waals surface area contributed by atoms with Gasteiger partial charge in [0.15, 0.2) is 0 Å². The van der Waals surface area contributed by atoms with Gasteiger partial charge in [0, 0.05) is 0 Å². The molecular formula is C17H22O4. The first-order valence-corrected chi connectivity index (χ1v) is 7.59. The first-order valence-electron chi connectivity index (χ1n) is 7.59. The highest BCUT2D eigenvalue weighted by atomic mass is 16.5. The van der Waals surface area contributed by atoms with Gasteiger partial charge in [-0.15, -0.1) is 0 Å². The predicted molar refractivity (Wildman–Crippen MR) is 77.6 cm³/mol. The Balaban J connectivity index is 2.21.